The van der Waals surface area contributed by atoms with Crippen molar-refractivity contribution in [3.63, 3.8) is 0 Å². The number of aliphatic hydroxyl groups is 1. The molecule has 1 heterocycles. The van der Waals surface area contributed by atoms with Gasteiger partial charge in [0.25, 0.3) is 0 Å². The number of hydrogen-bond acceptors (Lipinski definition) is 4. The summed E-state index contributed by atoms with van der Waals surface area (Å²) in [6.07, 6.45) is 0.467. The molecule has 2 aromatic rings. The fourth-order valence-corrected chi connectivity index (χ4v) is 2.40. The average molecular weight is 317 g/mol. The van der Waals surface area contributed by atoms with E-state index in [1.807, 2.05) is 44.2 Å². The van der Waals surface area contributed by atoms with Gasteiger partial charge in [-0.15, -0.1) is 0 Å². The van der Waals surface area contributed by atoms with Crippen molar-refractivity contribution in [1.29, 1.82) is 0 Å². The smallest absolute Gasteiger partial charge is 0.319 e. The molecule has 0 saturated heterocycles. The summed E-state index contributed by atoms with van der Waals surface area (Å²) in [5.74, 6) is 0.648. The summed E-state index contributed by atoms with van der Waals surface area (Å²) in [7, 11) is 0. The van der Waals surface area contributed by atoms with Gasteiger partial charge in [-0.2, -0.15) is 0 Å². The Morgan fingerprint density at radius 1 is 1.35 bits per heavy atom. The van der Waals surface area contributed by atoms with E-state index in [0.29, 0.717) is 30.0 Å². The topological polar surface area (TPSA) is 87.4 Å². The molecule has 3 N–H and O–H groups in total. The van der Waals surface area contributed by atoms with Gasteiger partial charge in [-0.05, 0) is 25.8 Å². The molecule has 124 valence electrons. The fourth-order valence-electron chi connectivity index (χ4n) is 2.40. The van der Waals surface area contributed by atoms with Crippen molar-refractivity contribution in [3.8, 4) is 0 Å². The first kappa shape index (κ1) is 17.0. The van der Waals surface area contributed by atoms with Crippen LogP contribution in [0.25, 0.3) is 0 Å². The van der Waals surface area contributed by atoms with Crippen LogP contribution in [0.5, 0.6) is 0 Å². The normalized spacial score (nSPS) is 13.4. The molecule has 0 saturated carbocycles. The van der Waals surface area contributed by atoms with Gasteiger partial charge in [0.1, 0.15) is 11.4 Å². The number of anilines is 1. The Labute approximate surface area is 135 Å². The van der Waals surface area contributed by atoms with E-state index in [-0.39, 0.29) is 12.1 Å². The van der Waals surface area contributed by atoms with E-state index in [2.05, 4.69) is 15.8 Å². The summed E-state index contributed by atoms with van der Waals surface area (Å²) in [4.78, 5) is 12.1. The predicted octanol–water partition coefficient (Wildman–Crippen LogP) is 3.18. The van der Waals surface area contributed by atoms with Crippen LogP contribution in [-0.4, -0.2) is 22.3 Å². The molecule has 0 aliphatic rings. The molecule has 2 rings (SSSR count). The molecule has 2 unspecified atom stereocenters. The molecule has 0 fully saturated rings. The largest absolute Gasteiger partial charge is 0.388 e. The highest BCUT2D eigenvalue weighted by Crippen LogP contribution is 2.21. The monoisotopic (exact) mass is 317 g/mol. The maximum atomic E-state index is 12.1. The predicted molar refractivity (Wildman–Crippen MR) is 88.3 cm³/mol. The molecule has 0 aliphatic carbocycles. The first-order chi connectivity index (χ1) is 11.0. The van der Waals surface area contributed by atoms with Crippen LogP contribution in [0.3, 0.4) is 0 Å². The van der Waals surface area contributed by atoms with Crippen LogP contribution in [0, 0.1) is 6.92 Å². The van der Waals surface area contributed by atoms with Crippen molar-refractivity contribution in [1.82, 2.24) is 10.5 Å². The lowest BCUT2D eigenvalue weighted by Gasteiger charge is -2.18. The van der Waals surface area contributed by atoms with Crippen LogP contribution >= 0.6 is 0 Å². The lowest BCUT2D eigenvalue weighted by molar-refractivity contribution is 0.155. The second-order valence-electron chi connectivity index (χ2n) is 5.58. The summed E-state index contributed by atoms with van der Waals surface area (Å²) in [6, 6.07) is 8.87. The summed E-state index contributed by atoms with van der Waals surface area (Å²) >= 11 is 0. The van der Waals surface area contributed by atoms with E-state index in [9.17, 15) is 9.90 Å². The molecule has 0 radical (unpaired) electrons. The molecule has 6 heteroatoms. The molecule has 1 aromatic carbocycles. The number of aliphatic hydroxyl groups excluding tert-OH is 1. The van der Waals surface area contributed by atoms with E-state index >= 15 is 0 Å². The van der Waals surface area contributed by atoms with Crippen LogP contribution in [-0.2, 0) is 6.42 Å². The number of carbonyl (C=O) groups is 1. The van der Waals surface area contributed by atoms with Crippen LogP contribution in [0.1, 0.15) is 43.4 Å². The first-order valence-corrected chi connectivity index (χ1v) is 7.77. The van der Waals surface area contributed by atoms with Gasteiger partial charge in [0.2, 0.25) is 0 Å². The van der Waals surface area contributed by atoms with Gasteiger partial charge >= 0.3 is 6.03 Å². The quantitative estimate of drug-likeness (QED) is 0.763. The van der Waals surface area contributed by atoms with E-state index in [0.717, 1.165) is 5.56 Å². The lowest BCUT2D eigenvalue weighted by Crippen LogP contribution is -2.37. The van der Waals surface area contributed by atoms with Gasteiger partial charge in [0.15, 0.2) is 5.76 Å². The second kappa shape index (κ2) is 7.78. The zero-order chi connectivity index (χ0) is 16.8. The van der Waals surface area contributed by atoms with Gasteiger partial charge in [0, 0.05) is 12.5 Å². The number of nitrogens with one attached hydrogen (secondary N) is 2. The van der Waals surface area contributed by atoms with Crippen molar-refractivity contribution < 1.29 is 14.4 Å². The summed E-state index contributed by atoms with van der Waals surface area (Å²) in [5.41, 5.74) is 2.10. The van der Waals surface area contributed by atoms with Gasteiger partial charge in [-0.3, -0.25) is 0 Å². The van der Waals surface area contributed by atoms with Crippen molar-refractivity contribution >= 4 is 11.7 Å². The maximum absolute atomic E-state index is 12.1. The van der Waals surface area contributed by atoms with Crippen molar-refractivity contribution in [2.75, 3.05) is 5.32 Å². The third kappa shape index (κ3) is 4.56. The minimum Gasteiger partial charge on any atom is -0.388 e. The van der Waals surface area contributed by atoms with Crippen molar-refractivity contribution in [2.45, 2.75) is 45.8 Å². The third-order valence-electron chi connectivity index (χ3n) is 3.63. The highest BCUT2D eigenvalue weighted by molar-refractivity contribution is 5.90. The highest BCUT2D eigenvalue weighted by atomic mass is 16.5. The van der Waals surface area contributed by atoms with Crippen LogP contribution in [0.15, 0.2) is 34.9 Å². The van der Waals surface area contributed by atoms with Crippen molar-refractivity contribution in [2.24, 2.45) is 0 Å². The number of benzene rings is 1. The average Bonchev–Trinajstić information content (AvgIpc) is 2.88. The Bertz CT molecular complexity index is 640. The molecule has 1 aromatic heterocycles. The number of nitrogens with zero attached hydrogens (tertiary/aromatic N) is 1. The maximum Gasteiger partial charge on any atom is 0.319 e. The molecule has 23 heavy (non-hydrogen) atoms. The number of amides is 2. The number of aromatic nitrogens is 1. The Hall–Kier alpha value is -2.34. The van der Waals surface area contributed by atoms with Crippen LogP contribution in [0.4, 0.5) is 10.5 Å². The number of rotatable bonds is 6. The molecule has 0 bridgehead atoms. The fraction of sp³-hybridized carbons (Fsp3) is 0.412. The summed E-state index contributed by atoms with van der Waals surface area (Å²) < 4.78 is 5.14. The van der Waals surface area contributed by atoms with Crippen LogP contribution < -0.4 is 10.6 Å². The van der Waals surface area contributed by atoms with Gasteiger partial charge in [-0.25, -0.2) is 4.79 Å². The van der Waals surface area contributed by atoms with Crippen LogP contribution in [0.2, 0.25) is 0 Å². The van der Waals surface area contributed by atoms with E-state index in [1.54, 1.807) is 6.92 Å². The Balaban J connectivity index is 1.88. The third-order valence-corrected chi connectivity index (χ3v) is 3.63. The zero-order valence-corrected chi connectivity index (χ0v) is 13.7. The number of carbonyl (C=O) groups excluding carboxylic acids is 1. The summed E-state index contributed by atoms with van der Waals surface area (Å²) in [5, 5.41) is 19.6. The summed E-state index contributed by atoms with van der Waals surface area (Å²) in [6.45, 7) is 5.57. The van der Waals surface area contributed by atoms with E-state index in [1.165, 1.54) is 0 Å². The highest BCUT2D eigenvalue weighted by Gasteiger charge is 2.17. The second-order valence-corrected chi connectivity index (χ2v) is 5.58. The molecule has 0 spiro atoms. The van der Waals surface area contributed by atoms with E-state index in [4.69, 9.17) is 4.52 Å². The number of urea groups is 1. The number of aryl methyl sites for hydroxylation is 2. The van der Waals surface area contributed by atoms with E-state index < -0.39 is 6.10 Å². The minimum atomic E-state index is -0.616. The molecule has 2 atom stereocenters. The Morgan fingerprint density at radius 3 is 2.70 bits per heavy atom. The van der Waals surface area contributed by atoms with Gasteiger partial charge in [0.05, 0.1) is 6.10 Å². The molecule has 0 aliphatic heterocycles. The molecular weight excluding hydrogens is 294 g/mol. The number of hydrogen-bond donors (Lipinski definition) is 3. The SMILES string of the molecule is CCc1onc(C)c1NC(=O)NC(C)CC(O)c1ccccc1. The Kier molecular flexibility index (Phi) is 5.76. The molecular formula is C17H23N3O3. The van der Waals surface area contributed by atoms with Gasteiger partial charge in [-0.1, -0.05) is 42.4 Å². The lowest BCUT2D eigenvalue weighted by atomic mass is 10.0. The molecule has 2 amide bonds. The standard InChI is InChI=1S/C17H23N3O3/c1-4-15-16(12(3)20-23-15)19-17(22)18-11(2)10-14(21)13-8-6-5-7-9-13/h5-9,11,14,21H,4,10H2,1-3H3,(H2,18,19,22). The minimum absolute atomic E-state index is 0.185. The van der Waals surface area contributed by atoms with Crippen molar-refractivity contribution in [3.05, 3.63) is 47.3 Å². The zero-order valence-electron chi connectivity index (χ0n) is 13.7. The Morgan fingerprint density at radius 2 is 2.04 bits per heavy atom. The molecule has 6 nitrogen and oxygen atoms in total. The van der Waals surface area contributed by atoms with Gasteiger partial charge < -0.3 is 20.3 Å². The first-order valence-electron chi connectivity index (χ1n) is 7.77.